The summed E-state index contributed by atoms with van der Waals surface area (Å²) in [5.74, 6) is -0.244. The average Bonchev–Trinajstić information content (AvgIpc) is 3.01. The molecule has 10 heteroatoms. The molecule has 2 fully saturated rings. The van der Waals surface area contributed by atoms with Gasteiger partial charge < -0.3 is 14.9 Å². The molecule has 3 aromatic rings. The molecule has 230 valence electrons. The van der Waals surface area contributed by atoms with Crippen LogP contribution in [0.15, 0.2) is 65.8 Å². The summed E-state index contributed by atoms with van der Waals surface area (Å²) in [6.45, 7) is 9.79. The fraction of sp³-hybridized carbons (Fsp3) is 0.485. The van der Waals surface area contributed by atoms with Gasteiger partial charge in [0.2, 0.25) is 0 Å². The lowest BCUT2D eigenvalue weighted by molar-refractivity contribution is 0.0170. The number of hydrogen-bond donors (Lipinski definition) is 1. The monoisotopic (exact) mass is 605 g/mol. The van der Waals surface area contributed by atoms with E-state index in [4.69, 9.17) is 5.11 Å². The number of sulfone groups is 1. The van der Waals surface area contributed by atoms with Crippen molar-refractivity contribution in [3.63, 3.8) is 0 Å². The van der Waals surface area contributed by atoms with Gasteiger partial charge >= 0.3 is 0 Å². The number of anilines is 1. The van der Waals surface area contributed by atoms with Crippen molar-refractivity contribution in [1.82, 2.24) is 19.8 Å². The summed E-state index contributed by atoms with van der Waals surface area (Å²) in [4.78, 5) is 29.0. The molecule has 2 aromatic carbocycles. The van der Waals surface area contributed by atoms with Crippen molar-refractivity contribution in [2.45, 2.75) is 69.5 Å². The van der Waals surface area contributed by atoms with Gasteiger partial charge in [0, 0.05) is 50.0 Å². The molecule has 1 N–H and O–H groups in total. The molecule has 0 radical (unpaired) electrons. The molecule has 9 nitrogen and oxygen atoms in total. The number of piperidine rings is 2. The smallest absolute Gasteiger partial charge is 0.257 e. The summed E-state index contributed by atoms with van der Waals surface area (Å²) in [7, 11) is -3.50. The lowest BCUT2D eigenvalue weighted by Crippen LogP contribution is -2.58. The maximum atomic E-state index is 13.3. The van der Waals surface area contributed by atoms with Crippen LogP contribution in [-0.4, -0.2) is 89.3 Å². The van der Waals surface area contributed by atoms with Gasteiger partial charge in [0.1, 0.15) is 6.33 Å². The lowest BCUT2D eigenvalue weighted by atomic mass is 9.85. The second-order valence-electron chi connectivity index (χ2n) is 12.1. The first-order valence-corrected chi connectivity index (χ1v) is 16.8. The Morgan fingerprint density at radius 1 is 0.953 bits per heavy atom. The zero-order valence-electron chi connectivity index (χ0n) is 25.4. The van der Waals surface area contributed by atoms with Gasteiger partial charge in [0.15, 0.2) is 9.84 Å². The Balaban J connectivity index is 1.25. The van der Waals surface area contributed by atoms with Crippen molar-refractivity contribution in [1.29, 1.82) is 0 Å². The lowest BCUT2D eigenvalue weighted by Gasteiger charge is -2.50. The highest BCUT2D eigenvalue weighted by Crippen LogP contribution is 2.34. The minimum atomic E-state index is -3.50. The zero-order chi connectivity index (χ0) is 30.6. The number of amides is 1. The number of nitrogens with zero attached hydrogens (tertiary/aromatic N) is 5. The molecule has 0 bridgehead atoms. The minimum absolute atomic E-state index is 0.0306. The average molecular weight is 606 g/mol. The van der Waals surface area contributed by atoms with Gasteiger partial charge in [0.05, 0.1) is 34.2 Å². The Bertz CT molecular complexity index is 1480. The van der Waals surface area contributed by atoms with E-state index in [-0.39, 0.29) is 22.1 Å². The van der Waals surface area contributed by atoms with Gasteiger partial charge in [-0.05, 0) is 76.3 Å². The van der Waals surface area contributed by atoms with Crippen LogP contribution >= 0.6 is 0 Å². The molecule has 3 heterocycles. The summed E-state index contributed by atoms with van der Waals surface area (Å²) in [5.41, 5.74) is 4.33. The van der Waals surface area contributed by atoms with Gasteiger partial charge in [-0.15, -0.1) is 0 Å². The number of rotatable bonds is 9. The van der Waals surface area contributed by atoms with Gasteiger partial charge in [-0.3, -0.25) is 9.69 Å². The largest absolute Gasteiger partial charge is 0.395 e. The molecular formula is C33H43N5O4S. The van der Waals surface area contributed by atoms with E-state index in [9.17, 15) is 13.2 Å². The minimum Gasteiger partial charge on any atom is -0.395 e. The summed E-state index contributed by atoms with van der Waals surface area (Å²) in [6, 6.07) is 17.8. The summed E-state index contributed by atoms with van der Waals surface area (Å²) >= 11 is 0. The number of aromatic nitrogens is 2. The SMILES string of the molecule is Cc1ncnc(C)c1C(=O)N1CCC(C)(N2CCC(N(Cc3ccccc3)c3ccc(S(=O)(=O)CCO)cc3)CC2)CC1. The second-order valence-corrected chi connectivity index (χ2v) is 14.2. The van der Waals surface area contributed by atoms with E-state index in [1.54, 1.807) is 12.1 Å². The van der Waals surface area contributed by atoms with Crippen LogP contribution in [0.1, 0.15) is 59.9 Å². The van der Waals surface area contributed by atoms with Gasteiger partial charge in [-0.1, -0.05) is 30.3 Å². The van der Waals surface area contributed by atoms with Crippen molar-refractivity contribution in [2.24, 2.45) is 0 Å². The van der Waals surface area contributed by atoms with Crippen molar-refractivity contribution in [3.05, 3.63) is 83.4 Å². The number of carbonyl (C=O) groups is 1. The molecule has 5 rings (SSSR count). The molecule has 1 aromatic heterocycles. The predicted octanol–water partition coefficient (Wildman–Crippen LogP) is 4.03. The quantitative estimate of drug-likeness (QED) is 0.390. The first kappa shape index (κ1) is 31.1. The first-order valence-electron chi connectivity index (χ1n) is 15.2. The number of aliphatic hydroxyl groups is 1. The van der Waals surface area contributed by atoms with Gasteiger partial charge in [0.25, 0.3) is 5.91 Å². The number of carbonyl (C=O) groups excluding carboxylic acids is 1. The fourth-order valence-electron chi connectivity index (χ4n) is 6.58. The summed E-state index contributed by atoms with van der Waals surface area (Å²) in [5, 5.41) is 9.17. The Morgan fingerprint density at radius 3 is 2.14 bits per heavy atom. The van der Waals surface area contributed by atoms with Crippen molar-refractivity contribution < 1.29 is 18.3 Å². The standard InChI is InChI=1S/C33H43N5O4S/c1-25-31(26(2)35-24-34-25)32(40)36-19-15-33(3,16-20-36)37-17-13-29(14-18-37)38(23-27-7-5-4-6-8-27)28-9-11-30(12-10-28)43(41,42)22-21-39/h4-12,24,29,39H,13-23H2,1-3H3. The molecule has 2 saturated heterocycles. The van der Waals surface area contributed by atoms with Crippen LogP contribution in [0.4, 0.5) is 5.69 Å². The molecule has 0 unspecified atom stereocenters. The highest BCUT2D eigenvalue weighted by Gasteiger charge is 2.39. The molecule has 1 amide bonds. The third-order valence-electron chi connectivity index (χ3n) is 9.32. The third-order valence-corrected chi connectivity index (χ3v) is 11.0. The maximum absolute atomic E-state index is 13.3. The molecule has 0 spiro atoms. The topological polar surface area (TPSA) is 107 Å². The van der Waals surface area contributed by atoms with Gasteiger partial charge in [-0.25, -0.2) is 18.4 Å². The van der Waals surface area contributed by atoms with Crippen molar-refractivity contribution >= 4 is 21.4 Å². The van der Waals surface area contributed by atoms with Gasteiger partial charge in [-0.2, -0.15) is 0 Å². The zero-order valence-corrected chi connectivity index (χ0v) is 26.3. The van der Waals surface area contributed by atoms with Crippen LogP contribution in [0.5, 0.6) is 0 Å². The molecule has 0 saturated carbocycles. The van der Waals surface area contributed by atoms with Crippen LogP contribution in [-0.2, 0) is 16.4 Å². The van der Waals surface area contributed by atoms with E-state index in [1.165, 1.54) is 11.9 Å². The normalized spacial score (nSPS) is 18.0. The maximum Gasteiger partial charge on any atom is 0.257 e. The van der Waals surface area contributed by atoms with E-state index in [2.05, 4.69) is 38.8 Å². The van der Waals surface area contributed by atoms with Crippen LogP contribution in [0.25, 0.3) is 0 Å². The van der Waals surface area contributed by atoms with E-state index < -0.39 is 16.4 Å². The molecule has 2 aliphatic heterocycles. The summed E-state index contributed by atoms with van der Waals surface area (Å²) in [6.07, 6.45) is 5.35. The van der Waals surface area contributed by atoms with Crippen LogP contribution < -0.4 is 4.90 Å². The number of hydrogen-bond acceptors (Lipinski definition) is 8. The molecule has 2 aliphatic rings. The molecule has 0 aliphatic carbocycles. The molecule has 0 atom stereocenters. The number of aryl methyl sites for hydroxylation is 2. The van der Waals surface area contributed by atoms with Crippen molar-refractivity contribution in [3.8, 4) is 0 Å². The Kier molecular flexibility index (Phi) is 9.48. The predicted molar refractivity (Wildman–Crippen MR) is 168 cm³/mol. The fourth-order valence-corrected chi connectivity index (χ4v) is 7.61. The number of likely N-dealkylation sites (tertiary alicyclic amines) is 2. The van der Waals surface area contributed by atoms with Crippen molar-refractivity contribution in [2.75, 3.05) is 43.4 Å². The third kappa shape index (κ3) is 6.92. The first-order chi connectivity index (χ1) is 20.6. The van der Waals surface area contributed by atoms with E-state index in [1.807, 2.05) is 49.1 Å². The highest BCUT2D eigenvalue weighted by molar-refractivity contribution is 7.91. The number of benzene rings is 2. The number of aliphatic hydroxyl groups excluding tert-OH is 1. The van der Waals surface area contributed by atoms with Crippen LogP contribution in [0, 0.1) is 13.8 Å². The van der Waals surface area contributed by atoms with E-state index >= 15 is 0 Å². The Hall–Kier alpha value is -3.34. The second kappa shape index (κ2) is 13.1. The molecular weight excluding hydrogens is 562 g/mol. The van der Waals surface area contributed by atoms with E-state index in [0.29, 0.717) is 24.7 Å². The Labute approximate surface area is 255 Å². The van der Waals surface area contributed by atoms with Crippen LogP contribution in [0.2, 0.25) is 0 Å². The van der Waals surface area contributed by atoms with Crippen LogP contribution in [0.3, 0.4) is 0 Å². The molecule has 43 heavy (non-hydrogen) atoms. The Morgan fingerprint density at radius 2 is 1.56 bits per heavy atom. The highest BCUT2D eigenvalue weighted by atomic mass is 32.2. The summed E-state index contributed by atoms with van der Waals surface area (Å²) < 4.78 is 25.0. The van der Waals surface area contributed by atoms with E-state index in [0.717, 1.165) is 62.4 Å².